The van der Waals surface area contributed by atoms with Crippen LogP contribution in [-0.4, -0.2) is 112 Å². The molecule has 6 rings (SSSR count). The largest absolute Gasteiger partial charge is 0.493 e. The predicted octanol–water partition coefficient (Wildman–Crippen LogP) is 6.42. The second-order valence-corrected chi connectivity index (χ2v) is 17.5. The molecular formula is C50H62N4O17. The number of fused-ring (bicyclic) bond motifs is 2. The third kappa shape index (κ3) is 14.5. The van der Waals surface area contributed by atoms with Crippen molar-refractivity contribution < 1.29 is 81.2 Å². The predicted molar refractivity (Wildman–Crippen MR) is 257 cm³/mol. The van der Waals surface area contributed by atoms with Crippen LogP contribution in [0.2, 0.25) is 0 Å². The smallest absolute Gasteiger partial charge is 0.335 e. The van der Waals surface area contributed by atoms with E-state index < -0.39 is 35.3 Å². The molecule has 0 atom stereocenters. The van der Waals surface area contributed by atoms with E-state index in [1.165, 1.54) is 71.6 Å². The first kappa shape index (κ1) is 55.7. The SMILES string of the molecule is COc1cc(C(=O)N(NC(=O)c2ccc3c(c2C)OCCO3)C(C)(C)C)cc(OC)c1OC(C)=O.COc1cc(C(=O)O)cc(OC)c1OC(C)=O.Cc1c(C(=O)NNC(C)(C)C)ccc2c1OCCO2. The Morgan fingerprint density at radius 2 is 0.958 bits per heavy atom. The number of carboxylic acids is 1. The van der Waals surface area contributed by atoms with Crippen molar-refractivity contribution in [3.05, 3.63) is 81.9 Å². The van der Waals surface area contributed by atoms with Crippen LogP contribution < -0.4 is 63.6 Å². The van der Waals surface area contributed by atoms with Crippen molar-refractivity contribution in [2.45, 2.75) is 80.3 Å². The number of ether oxygens (including phenoxy) is 10. The Labute approximate surface area is 411 Å². The van der Waals surface area contributed by atoms with Gasteiger partial charge < -0.3 is 52.5 Å². The van der Waals surface area contributed by atoms with Gasteiger partial charge >= 0.3 is 17.9 Å². The molecule has 0 saturated carbocycles. The molecule has 384 valence electrons. The van der Waals surface area contributed by atoms with Gasteiger partial charge in [-0.05, 0) is 104 Å². The Bertz CT molecular complexity index is 2580. The summed E-state index contributed by atoms with van der Waals surface area (Å²) in [6, 6.07) is 12.2. The van der Waals surface area contributed by atoms with E-state index >= 15 is 0 Å². The highest BCUT2D eigenvalue weighted by Gasteiger charge is 2.33. The molecule has 4 N–H and O–H groups in total. The van der Waals surface area contributed by atoms with E-state index in [0.717, 1.165) is 5.56 Å². The van der Waals surface area contributed by atoms with Gasteiger partial charge in [0.05, 0.1) is 39.5 Å². The van der Waals surface area contributed by atoms with Crippen molar-refractivity contribution in [2.24, 2.45) is 0 Å². The molecule has 4 aromatic carbocycles. The van der Waals surface area contributed by atoms with Crippen molar-refractivity contribution in [1.29, 1.82) is 0 Å². The minimum absolute atomic E-state index is 0.0189. The minimum atomic E-state index is -1.13. The Hall–Kier alpha value is -7.94. The standard InChI is InChI=1S/C25H30N2O8.C14H20N2O3.C11H12O6/c1-14-17(8-9-18-21(14)34-11-10-33-18)23(29)26-27(25(3,4)5)24(30)16-12-19(31-6)22(35-15(2)28)20(13-16)32-7;1-9-10(13(17)15-16-14(2,3)4)5-6-11-12(9)19-8-7-18-11;1-6(12)17-10-8(15-2)4-7(11(13)14)5-9(10)16-3/h8-9,12-13H,10-11H2,1-7H3,(H,26,29);5-6,16H,7-8H2,1-4H3,(H,15,17);4-5H,1-3H3,(H,13,14). The second-order valence-electron chi connectivity index (χ2n) is 17.5. The average molecular weight is 991 g/mol. The Morgan fingerprint density at radius 1 is 0.577 bits per heavy atom. The number of esters is 2. The van der Waals surface area contributed by atoms with Gasteiger partial charge in [-0.25, -0.2) is 15.2 Å². The van der Waals surface area contributed by atoms with Gasteiger partial charge in [0.2, 0.25) is 11.5 Å². The first-order chi connectivity index (χ1) is 33.3. The molecule has 4 aromatic rings. The summed E-state index contributed by atoms with van der Waals surface area (Å²) in [5, 5.41) is 10.1. The Balaban J connectivity index is 0.000000256. The zero-order valence-corrected chi connectivity index (χ0v) is 42.4. The van der Waals surface area contributed by atoms with Gasteiger partial charge in [0.1, 0.15) is 26.4 Å². The van der Waals surface area contributed by atoms with E-state index in [0.29, 0.717) is 66.1 Å². The van der Waals surface area contributed by atoms with Crippen molar-refractivity contribution in [3.63, 3.8) is 0 Å². The zero-order chi connectivity index (χ0) is 53.0. The molecule has 0 bridgehead atoms. The lowest BCUT2D eigenvalue weighted by molar-refractivity contribution is -0.133. The molecule has 2 aliphatic heterocycles. The van der Waals surface area contributed by atoms with Crippen LogP contribution in [-0.2, 0) is 9.59 Å². The molecule has 3 amide bonds. The number of carboxylic acid groups (broad SMARTS) is 1. The maximum Gasteiger partial charge on any atom is 0.335 e. The van der Waals surface area contributed by atoms with Crippen LogP contribution in [0.1, 0.15) is 108 Å². The van der Waals surface area contributed by atoms with E-state index in [2.05, 4.69) is 16.3 Å². The topological polar surface area (TPSA) is 254 Å². The highest BCUT2D eigenvalue weighted by Crippen LogP contribution is 2.41. The number of methoxy groups -OCH3 is 4. The third-order valence-corrected chi connectivity index (χ3v) is 9.95. The summed E-state index contributed by atoms with van der Waals surface area (Å²) in [6.45, 7) is 19.2. The summed E-state index contributed by atoms with van der Waals surface area (Å²) < 4.78 is 53.0. The molecule has 2 heterocycles. The number of carbonyl (C=O) groups excluding carboxylic acids is 5. The van der Waals surface area contributed by atoms with Gasteiger partial charge in [0.25, 0.3) is 17.7 Å². The molecule has 0 saturated heterocycles. The fraction of sp³-hybridized carbons (Fsp3) is 0.400. The maximum atomic E-state index is 13.6. The van der Waals surface area contributed by atoms with E-state index in [1.807, 2.05) is 27.7 Å². The zero-order valence-electron chi connectivity index (χ0n) is 42.4. The lowest BCUT2D eigenvalue weighted by Gasteiger charge is -2.36. The first-order valence-corrected chi connectivity index (χ1v) is 22.0. The van der Waals surface area contributed by atoms with E-state index in [9.17, 15) is 28.8 Å². The Morgan fingerprint density at radius 3 is 1.31 bits per heavy atom. The third-order valence-electron chi connectivity index (χ3n) is 9.95. The van der Waals surface area contributed by atoms with Crippen LogP contribution >= 0.6 is 0 Å². The summed E-state index contributed by atoms with van der Waals surface area (Å²) in [6.07, 6.45) is 0. The lowest BCUT2D eigenvalue weighted by atomic mass is 10.0. The average Bonchev–Trinajstić information content (AvgIpc) is 3.32. The number of nitrogens with one attached hydrogen (secondary N) is 3. The summed E-state index contributed by atoms with van der Waals surface area (Å²) in [5.74, 6) is -0.377. The number of hydrazine groups is 2. The fourth-order valence-electron chi connectivity index (χ4n) is 6.62. The minimum Gasteiger partial charge on any atom is -0.493 e. The highest BCUT2D eigenvalue weighted by atomic mass is 16.6. The lowest BCUT2D eigenvalue weighted by Crippen LogP contribution is -2.56. The van der Waals surface area contributed by atoms with Crippen LogP contribution in [0, 0.1) is 13.8 Å². The summed E-state index contributed by atoms with van der Waals surface area (Å²) in [5.41, 5.74) is 9.86. The van der Waals surface area contributed by atoms with Gasteiger partial charge in [-0.15, -0.1) is 0 Å². The normalized spacial score (nSPS) is 12.2. The van der Waals surface area contributed by atoms with Gasteiger partial charge in [-0.2, -0.15) is 0 Å². The molecule has 0 aromatic heterocycles. The van der Waals surface area contributed by atoms with E-state index in [1.54, 1.807) is 52.0 Å². The van der Waals surface area contributed by atoms with E-state index in [4.69, 9.17) is 52.5 Å². The fourth-order valence-corrected chi connectivity index (χ4v) is 6.62. The molecule has 21 heteroatoms. The van der Waals surface area contributed by atoms with Gasteiger partial charge in [0, 0.05) is 47.2 Å². The number of benzene rings is 4. The number of hydrogen-bond donors (Lipinski definition) is 4. The molecular weight excluding hydrogens is 929 g/mol. The quantitative estimate of drug-likeness (QED) is 0.0718. The van der Waals surface area contributed by atoms with Crippen LogP contribution in [0.25, 0.3) is 0 Å². The number of hydrogen-bond acceptors (Lipinski definition) is 17. The molecule has 2 aliphatic rings. The van der Waals surface area contributed by atoms with Crippen molar-refractivity contribution in [1.82, 2.24) is 21.3 Å². The molecule has 0 unspecified atom stereocenters. The maximum absolute atomic E-state index is 13.6. The number of rotatable bonds is 11. The summed E-state index contributed by atoms with van der Waals surface area (Å²) >= 11 is 0. The number of nitrogens with zero attached hydrogens (tertiary/aromatic N) is 1. The van der Waals surface area contributed by atoms with Gasteiger partial charge in [0.15, 0.2) is 46.0 Å². The molecule has 0 spiro atoms. The highest BCUT2D eigenvalue weighted by molar-refractivity contribution is 6.01. The van der Waals surface area contributed by atoms with Crippen molar-refractivity contribution >= 4 is 35.6 Å². The number of aromatic carboxylic acids is 1. The molecule has 0 radical (unpaired) electrons. The molecule has 71 heavy (non-hydrogen) atoms. The number of carbonyl (C=O) groups is 6. The summed E-state index contributed by atoms with van der Waals surface area (Å²) in [7, 11) is 5.44. The molecule has 21 nitrogen and oxygen atoms in total. The van der Waals surface area contributed by atoms with E-state index in [-0.39, 0.29) is 57.1 Å². The number of amides is 3. The van der Waals surface area contributed by atoms with Gasteiger partial charge in [-0.3, -0.25) is 34.8 Å². The van der Waals surface area contributed by atoms with Gasteiger partial charge in [-0.1, -0.05) is 0 Å². The molecule has 0 aliphatic carbocycles. The first-order valence-electron chi connectivity index (χ1n) is 22.0. The summed E-state index contributed by atoms with van der Waals surface area (Å²) in [4.78, 5) is 72.3. The van der Waals surface area contributed by atoms with Crippen LogP contribution in [0.4, 0.5) is 0 Å². The van der Waals surface area contributed by atoms with Crippen LogP contribution in [0.3, 0.4) is 0 Å². The van der Waals surface area contributed by atoms with Crippen molar-refractivity contribution in [2.75, 3.05) is 54.9 Å². The monoisotopic (exact) mass is 990 g/mol. The Kier molecular flexibility index (Phi) is 18.9. The van der Waals surface area contributed by atoms with Crippen LogP contribution in [0.15, 0.2) is 48.5 Å². The van der Waals surface area contributed by atoms with Crippen molar-refractivity contribution in [3.8, 4) is 57.5 Å². The van der Waals surface area contributed by atoms with Crippen LogP contribution in [0.5, 0.6) is 57.5 Å². The second kappa shape index (κ2) is 24.1. The molecule has 0 fully saturated rings.